The van der Waals surface area contributed by atoms with Gasteiger partial charge in [0.15, 0.2) is 19.0 Å². The summed E-state index contributed by atoms with van der Waals surface area (Å²) < 4.78 is 10.3. The van der Waals surface area contributed by atoms with Crippen molar-refractivity contribution in [3.05, 3.63) is 41.7 Å². The molecule has 0 radical (unpaired) electrons. The largest absolute Gasteiger partial charge is 0.479 e. The van der Waals surface area contributed by atoms with Crippen LogP contribution in [0.1, 0.15) is 11.4 Å². The quantitative estimate of drug-likeness (QED) is 0.575. The van der Waals surface area contributed by atoms with Crippen LogP contribution in [0.5, 0.6) is 5.75 Å². The molecule has 134 valence electrons. The molecule has 1 heterocycles. The smallest absolute Gasteiger partial charge is 0.331 e. The fourth-order valence-corrected chi connectivity index (χ4v) is 1.83. The molecule has 1 aromatic carbocycles. The molecule has 2 rings (SSSR count). The second-order valence-electron chi connectivity index (χ2n) is 5.26. The highest BCUT2D eigenvalue weighted by Crippen LogP contribution is 2.13. The molecule has 0 atom stereocenters. The van der Waals surface area contributed by atoms with Gasteiger partial charge in [0, 0.05) is 20.2 Å². The fraction of sp³-hybridized carbons (Fsp3) is 0.235. The maximum absolute atomic E-state index is 11.8. The number of hydrogen-bond acceptors (Lipinski definition) is 9. The number of hydrogen-bond donors (Lipinski definition) is 1. The average molecular weight is 354 g/mol. The number of nitriles is 1. The summed E-state index contributed by atoms with van der Waals surface area (Å²) in [4.78, 5) is 25.5. The minimum Gasteiger partial charge on any atom is -0.479 e. The highest BCUT2D eigenvalue weighted by molar-refractivity contribution is 5.87. The van der Waals surface area contributed by atoms with Gasteiger partial charge in [-0.25, -0.2) is 4.79 Å². The second kappa shape index (κ2) is 8.98. The first-order valence-corrected chi connectivity index (χ1v) is 7.60. The van der Waals surface area contributed by atoms with Crippen LogP contribution in [0, 0.1) is 11.3 Å². The molecule has 2 aromatic rings. The number of nitrogens with two attached hydrogens (primary N) is 1. The number of ether oxygens (including phenoxy) is 2. The lowest BCUT2D eigenvalue weighted by Crippen LogP contribution is -2.17. The Kier molecular flexibility index (Phi) is 6.45. The highest BCUT2D eigenvalue weighted by atomic mass is 16.5. The molecule has 0 fully saturated rings. The topological polar surface area (TPSA) is 127 Å². The zero-order chi connectivity index (χ0) is 18.9. The second-order valence-corrected chi connectivity index (χ2v) is 5.26. The molecule has 0 saturated carbocycles. The zero-order valence-corrected chi connectivity index (χ0v) is 14.4. The Morgan fingerprint density at radius 1 is 1.27 bits per heavy atom. The number of anilines is 2. The molecule has 0 amide bonds. The Morgan fingerprint density at radius 2 is 2.00 bits per heavy atom. The van der Waals surface area contributed by atoms with Gasteiger partial charge in [-0.1, -0.05) is 12.1 Å². The van der Waals surface area contributed by atoms with E-state index in [2.05, 4.69) is 15.0 Å². The first-order chi connectivity index (χ1) is 12.5. The molecular formula is C17H18N6O3. The Morgan fingerprint density at radius 3 is 2.65 bits per heavy atom. The van der Waals surface area contributed by atoms with Gasteiger partial charge in [-0.15, -0.1) is 0 Å². The van der Waals surface area contributed by atoms with Crippen molar-refractivity contribution in [3.63, 3.8) is 0 Å². The SMILES string of the molecule is CN(C)c1nc(N)nc(COC(=O)/C=C/c2ccc(OCC#N)cc2)n1. The number of carbonyl (C=O) groups is 1. The van der Waals surface area contributed by atoms with Crippen molar-refractivity contribution < 1.29 is 14.3 Å². The predicted molar refractivity (Wildman–Crippen MR) is 94.9 cm³/mol. The molecule has 9 nitrogen and oxygen atoms in total. The summed E-state index contributed by atoms with van der Waals surface area (Å²) in [6, 6.07) is 8.82. The number of aromatic nitrogens is 3. The van der Waals surface area contributed by atoms with Crippen molar-refractivity contribution in [1.82, 2.24) is 15.0 Å². The van der Waals surface area contributed by atoms with Crippen molar-refractivity contribution in [3.8, 4) is 11.8 Å². The van der Waals surface area contributed by atoms with Crippen LogP contribution >= 0.6 is 0 Å². The van der Waals surface area contributed by atoms with Gasteiger partial charge in [0.1, 0.15) is 11.8 Å². The summed E-state index contributed by atoms with van der Waals surface area (Å²) in [5.41, 5.74) is 6.39. The molecule has 26 heavy (non-hydrogen) atoms. The molecule has 2 N–H and O–H groups in total. The Balaban J connectivity index is 1.90. The van der Waals surface area contributed by atoms with E-state index in [0.29, 0.717) is 11.7 Å². The van der Waals surface area contributed by atoms with Crippen LogP contribution in [0.25, 0.3) is 6.08 Å². The Hall–Kier alpha value is -3.67. The molecule has 1 aromatic heterocycles. The third kappa shape index (κ3) is 5.76. The molecular weight excluding hydrogens is 336 g/mol. The third-order valence-corrected chi connectivity index (χ3v) is 3.03. The maximum atomic E-state index is 11.8. The van der Waals surface area contributed by atoms with Crippen molar-refractivity contribution in [2.45, 2.75) is 6.61 Å². The van der Waals surface area contributed by atoms with Gasteiger partial charge in [0.05, 0.1) is 0 Å². The van der Waals surface area contributed by atoms with E-state index in [1.54, 1.807) is 49.3 Å². The lowest BCUT2D eigenvalue weighted by atomic mass is 10.2. The van der Waals surface area contributed by atoms with Gasteiger partial charge in [0.2, 0.25) is 11.9 Å². The summed E-state index contributed by atoms with van der Waals surface area (Å²) in [6.45, 7) is -0.129. The summed E-state index contributed by atoms with van der Waals surface area (Å²) in [6.07, 6.45) is 2.89. The van der Waals surface area contributed by atoms with Crippen LogP contribution in [0.4, 0.5) is 11.9 Å². The molecule has 0 aliphatic heterocycles. The average Bonchev–Trinajstić information content (AvgIpc) is 2.63. The Labute approximate surface area is 150 Å². The van der Waals surface area contributed by atoms with Crippen LogP contribution in [0.15, 0.2) is 30.3 Å². The number of carbonyl (C=O) groups excluding carboxylic acids is 1. The van der Waals surface area contributed by atoms with E-state index in [4.69, 9.17) is 20.5 Å². The van der Waals surface area contributed by atoms with E-state index in [-0.39, 0.29) is 25.0 Å². The van der Waals surface area contributed by atoms with Crippen molar-refractivity contribution in [1.29, 1.82) is 5.26 Å². The van der Waals surface area contributed by atoms with Gasteiger partial charge in [0.25, 0.3) is 0 Å². The molecule has 0 spiro atoms. The monoisotopic (exact) mass is 354 g/mol. The van der Waals surface area contributed by atoms with Gasteiger partial charge in [-0.3, -0.25) is 0 Å². The van der Waals surface area contributed by atoms with Gasteiger partial charge >= 0.3 is 5.97 Å². The minimum atomic E-state index is -0.541. The Bertz CT molecular complexity index is 827. The summed E-state index contributed by atoms with van der Waals surface area (Å²) in [5, 5.41) is 8.46. The van der Waals surface area contributed by atoms with Gasteiger partial charge < -0.3 is 20.1 Å². The summed E-state index contributed by atoms with van der Waals surface area (Å²) in [5.74, 6) is 0.749. The van der Waals surface area contributed by atoms with Crippen molar-refractivity contribution in [2.75, 3.05) is 31.3 Å². The molecule has 0 unspecified atom stereocenters. The molecule has 9 heteroatoms. The predicted octanol–water partition coefficient (Wildman–Crippen LogP) is 1.18. The number of esters is 1. The minimum absolute atomic E-state index is 0.0152. The van der Waals surface area contributed by atoms with Crippen LogP contribution < -0.4 is 15.4 Å². The summed E-state index contributed by atoms with van der Waals surface area (Å²) >= 11 is 0. The molecule has 0 saturated heterocycles. The molecule has 0 aliphatic carbocycles. The normalized spacial score (nSPS) is 10.3. The van der Waals surface area contributed by atoms with E-state index in [1.807, 2.05) is 6.07 Å². The highest BCUT2D eigenvalue weighted by Gasteiger charge is 2.08. The van der Waals surface area contributed by atoms with Crippen molar-refractivity contribution in [2.24, 2.45) is 0 Å². The standard InChI is InChI=1S/C17H18N6O3/c1-23(2)17-21-14(20-16(19)22-17)11-26-15(24)8-5-12-3-6-13(7-4-12)25-10-9-18/h3-8H,10-11H2,1-2H3,(H2,19,20,21,22)/b8-5+. The number of nitrogens with zero attached hydrogens (tertiary/aromatic N) is 5. The van der Waals surface area contributed by atoms with E-state index >= 15 is 0 Å². The van der Waals surface area contributed by atoms with E-state index < -0.39 is 5.97 Å². The number of nitrogen functional groups attached to an aromatic ring is 1. The number of rotatable bonds is 7. The molecule has 0 bridgehead atoms. The third-order valence-electron chi connectivity index (χ3n) is 3.03. The number of benzene rings is 1. The first kappa shape index (κ1) is 18.7. The van der Waals surface area contributed by atoms with Crippen LogP contribution in [-0.2, 0) is 16.1 Å². The van der Waals surface area contributed by atoms with E-state index in [0.717, 1.165) is 5.56 Å². The van der Waals surface area contributed by atoms with Gasteiger partial charge in [-0.2, -0.15) is 20.2 Å². The zero-order valence-electron chi connectivity index (χ0n) is 14.4. The van der Waals surface area contributed by atoms with Crippen molar-refractivity contribution >= 4 is 23.9 Å². The lowest BCUT2D eigenvalue weighted by molar-refractivity contribution is -0.139. The van der Waals surface area contributed by atoms with Crippen LogP contribution in [0.2, 0.25) is 0 Å². The lowest BCUT2D eigenvalue weighted by Gasteiger charge is -2.11. The van der Waals surface area contributed by atoms with Crippen LogP contribution in [0.3, 0.4) is 0 Å². The van der Waals surface area contributed by atoms with E-state index in [1.165, 1.54) is 6.08 Å². The van der Waals surface area contributed by atoms with Crippen LogP contribution in [-0.4, -0.2) is 41.6 Å². The maximum Gasteiger partial charge on any atom is 0.331 e. The summed E-state index contributed by atoms with van der Waals surface area (Å²) in [7, 11) is 3.54. The van der Waals surface area contributed by atoms with E-state index in [9.17, 15) is 4.79 Å². The van der Waals surface area contributed by atoms with Gasteiger partial charge in [-0.05, 0) is 23.8 Å². The fourth-order valence-electron chi connectivity index (χ4n) is 1.83. The molecule has 0 aliphatic rings. The first-order valence-electron chi connectivity index (χ1n) is 7.60.